The Morgan fingerprint density at radius 2 is 2.10 bits per heavy atom. The van der Waals surface area contributed by atoms with E-state index in [1.165, 1.54) is 11.3 Å². The molecular weight excluding hydrogens is 324 g/mol. The fourth-order valence-electron chi connectivity index (χ4n) is 1.92. The zero-order valence-corrected chi connectivity index (χ0v) is 14.8. The van der Waals surface area contributed by atoms with Gasteiger partial charge in [0.15, 0.2) is 0 Å². The predicted octanol–water partition coefficient (Wildman–Crippen LogP) is 2.83. The lowest BCUT2D eigenvalue weighted by Crippen LogP contribution is -2.35. The molecule has 21 heavy (non-hydrogen) atoms. The van der Waals surface area contributed by atoms with Crippen molar-refractivity contribution in [1.29, 1.82) is 0 Å². The van der Waals surface area contributed by atoms with Crippen molar-refractivity contribution in [3.63, 3.8) is 0 Å². The van der Waals surface area contributed by atoms with Gasteiger partial charge < -0.3 is 5.73 Å². The van der Waals surface area contributed by atoms with E-state index in [0.717, 1.165) is 15.3 Å². The average molecular weight is 345 g/mol. The summed E-state index contributed by atoms with van der Waals surface area (Å²) in [5, 5.41) is 2.00. The highest BCUT2D eigenvalue weighted by molar-refractivity contribution is 7.91. The molecule has 2 aromatic heterocycles. The Labute approximate surface area is 134 Å². The van der Waals surface area contributed by atoms with Crippen molar-refractivity contribution in [2.45, 2.75) is 36.9 Å². The molecule has 0 saturated heterocycles. The quantitative estimate of drug-likeness (QED) is 0.846. The normalized spacial score (nSPS) is 12.8. The van der Waals surface area contributed by atoms with Gasteiger partial charge in [-0.15, -0.1) is 22.7 Å². The van der Waals surface area contributed by atoms with Crippen LogP contribution in [0.25, 0.3) is 0 Å². The third-order valence-corrected chi connectivity index (χ3v) is 7.71. The van der Waals surface area contributed by atoms with Crippen LogP contribution in [0.4, 0.5) is 0 Å². The van der Waals surface area contributed by atoms with Crippen molar-refractivity contribution in [2.75, 3.05) is 6.54 Å². The molecule has 2 heterocycles. The Bertz CT molecular complexity index is 701. The zero-order valence-electron chi connectivity index (χ0n) is 12.3. The van der Waals surface area contributed by atoms with Crippen LogP contribution in [0.3, 0.4) is 0 Å². The molecule has 4 nitrogen and oxygen atoms in total. The molecule has 0 atom stereocenters. The van der Waals surface area contributed by atoms with Crippen LogP contribution < -0.4 is 10.5 Å². The second kappa shape index (κ2) is 6.18. The molecule has 0 aliphatic rings. The summed E-state index contributed by atoms with van der Waals surface area (Å²) in [6, 6.07) is 5.69. The molecule has 0 fully saturated rings. The lowest BCUT2D eigenvalue weighted by molar-refractivity contribution is 0.510. The van der Waals surface area contributed by atoms with Crippen molar-refractivity contribution in [2.24, 2.45) is 5.73 Å². The summed E-state index contributed by atoms with van der Waals surface area (Å²) in [4.78, 5) is 2.07. The number of thiophene rings is 2. The maximum atomic E-state index is 12.4. The SMILES string of the molecule is Cc1cc(S(=O)(=O)NCC(C)(C)c2cccs2)sc1CN. The van der Waals surface area contributed by atoms with Gasteiger partial charge in [-0.25, -0.2) is 13.1 Å². The van der Waals surface area contributed by atoms with Gasteiger partial charge in [0.05, 0.1) is 0 Å². The van der Waals surface area contributed by atoms with Gasteiger partial charge in [-0.1, -0.05) is 19.9 Å². The third-order valence-electron chi connectivity index (χ3n) is 3.34. The summed E-state index contributed by atoms with van der Waals surface area (Å²) in [5.74, 6) is 0. The maximum absolute atomic E-state index is 12.4. The largest absolute Gasteiger partial charge is 0.326 e. The molecule has 0 aliphatic carbocycles. The predicted molar refractivity (Wildman–Crippen MR) is 89.5 cm³/mol. The number of hydrogen-bond donors (Lipinski definition) is 2. The fraction of sp³-hybridized carbons (Fsp3) is 0.429. The van der Waals surface area contributed by atoms with Gasteiger partial charge >= 0.3 is 0 Å². The molecule has 0 aromatic carbocycles. The number of sulfonamides is 1. The minimum atomic E-state index is -3.48. The molecule has 0 amide bonds. The van der Waals surface area contributed by atoms with Gasteiger partial charge in [-0.3, -0.25) is 0 Å². The van der Waals surface area contributed by atoms with Crippen LogP contribution in [-0.2, 0) is 22.0 Å². The first kappa shape index (κ1) is 16.6. The Hall–Kier alpha value is -0.730. The van der Waals surface area contributed by atoms with E-state index in [1.54, 1.807) is 17.4 Å². The third kappa shape index (κ3) is 3.73. The first-order valence-electron chi connectivity index (χ1n) is 6.59. The molecule has 0 spiro atoms. The topological polar surface area (TPSA) is 72.2 Å². The summed E-state index contributed by atoms with van der Waals surface area (Å²) < 4.78 is 27.8. The Morgan fingerprint density at radius 3 is 2.62 bits per heavy atom. The number of aryl methyl sites for hydroxylation is 1. The molecule has 3 N–H and O–H groups in total. The van der Waals surface area contributed by atoms with Crippen LogP contribution in [0.5, 0.6) is 0 Å². The minimum absolute atomic E-state index is 0.232. The molecule has 116 valence electrons. The van der Waals surface area contributed by atoms with Gasteiger partial charge in [-0.05, 0) is 30.0 Å². The monoisotopic (exact) mass is 344 g/mol. The summed E-state index contributed by atoms with van der Waals surface area (Å²) in [7, 11) is -3.48. The van der Waals surface area contributed by atoms with Gasteiger partial charge in [0.25, 0.3) is 0 Å². The van der Waals surface area contributed by atoms with E-state index in [-0.39, 0.29) is 5.41 Å². The van der Waals surface area contributed by atoms with Crippen LogP contribution in [0.2, 0.25) is 0 Å². The van der Waals surface area contributed by atoms with Crippen molar-refractivity contribution in [1.82, 2.24) is 4.72 Å². The van der Waals surface area contributed by atoms with Crippen LogP contribution in [-0.4, -0.2) is 15.0 Å². The standard InChI is InChI=1S/C14H20N2O2S3/c1-10-7-13(20-11(10)8-15)21(17,18)16-9-14(2,3)12-5-4-6-19-12/h4-7,16H,8-9,15H2,1-3H3. The molecule has 0 saturated carbocycles. The maximum Gasteiger partial charge on any atom is 0.250 e. The Morgan fingerprint density at radius 1 is 1.38 bits per heavy atom. The second-order valence-electron chi connectivity index (χ2n) is 5.56. The van der Waals surface area contributed by atoms with E-state index in [4.69, 9.17) is 5.73 Å². The molecule has 7 heteroatoms. The molecule has 2 aromatic rings. The van der Waals surface area contributed by atoms with Gasteiger partial charge in [0.2, 0.25) is 10.0 Å². The van der Waals surface area contributed by atoms with E-state index >= 15 is 0 Å². The van der Waals surface area contributed by atoms with Crippen molar-refractivity contribution in [3.05, 3.63) is 38.9 Å². The molecule has 0 unspecified atom stereocenters. The number of hydrogen-bond acceptors (Lipinski definition) is 5. The first-order chi connectivity index (χ1) is 9.76. The van der Waals surface area contributed by atoms with Gasteiger partial charge in [0.1, 0.15) is 4.21 Å². The fourth-order valence-corrected chi connectivity index (χ4v) is 5.50. The van der Waals surface area contributed by atoms with E-state index in [1.807, 2.05) is 38.3 Å². The summed E-state index contributed by atoms with van der Waals surface area (Å²) in [6.07, 6.45) is 0. The van der Waals surface area contributed by atoms with E-state index in [0.29, 0.717) is 17.3 Å². The highest BCUT2D eigenvalue weighted by atomic mass is 32.2. The smallest absolute Gasteiger partial charge is 0.250 e. The number of nitrogens with two attached hydrogens (primary N) is 1. The van der Waals surface area contributed by atoms with Crippen molar-refractivity contribution in [3.8, 4) is 0 Å². The molecular formula is C14H20N2O2S3. The van der Waals surface area contributed by atoms with Crippen LogP contribution >= 0.6 is 22.7 Å². The highest BCUT2D eigenvalue weighted by Crippen LogP contribution is 2.29. The molecule has 2 rings (SSSR count). The summed E-state index contributed by atoms with van der Waals surface area (Å²) >= 11 is 2.88. The van der Waals surface area contributed by atoms with Gasteiger partial charge in [-0.2, -0.15) is 0 Å². The lowest BCUT2D eigenvalue weighted by Gasteiger charge is -2.23. The number of nitrogens with one attached hydrogen (secondary N) is 1. The van der Waals surface area contributed by atoms with Crippen LogP contribution in [0.1, 0.15) is 29.2 Å². The average Bonchev–Trinajstić information content (AvgIpc) is 3.06. The van der Waals surface area contributed by atoms with E-state index < -0.39 is 10.0 Å². The minimum Gasteiger partial charge on any atom is -0.326 e. The zero-order chi connectivity index (χ0) is 15.7. The molecule has 0 radical (unpaired) electrons. The van der Waals surface area contributed by atoms with Crippen molar-refractivity contribution < 1.29 is 8.42 Å². The van der Waals surface area contributed by atoms with Crippen LogP contribution in [0.15, 0.2) is 27.8 Å². The molecule has 0 bridgehead atoms. The summed E-state index contributed by atoms with van der Waals surface area (Å²) in [5.41, 5.74) is 6.31. The summed E-state index contributed by atoms with van der Waals surface area (Å²) in [6.45, 7) is 6.68. The Balaban J connectivity index is 2.14. The Kier molecular flexibility index (Phi) is 4.89. The van der Waals surface area contributed by atoms with E-state index in [2.05, 4.69) is 4.72 Å². The van der Waals surface area contributed by atoms with Crippen LogP contribution in [0, 0.1) is 6.92 Å². The van der Waals surface area contributed by atoms with E-state index in [9.17, 15) is 8.42 Å². The van der Waals surface area contributed by atoms with Gasteiger partial charge in [0, 0.05) is 28.3 Å². The highest BCUT2D eigenvalue weighted by Gasteiger charge is 2.26. The number of rotatable bonds is 6. The van der Waals surface area contributed by atoms with Crippen molar-refractivity contribution >= 4 is 32.7 Å². The lowest BCUT2D eigenvalue weighted by atomic mass is 9.92. The second-order valence-corrected chi connectivity index (χ2v) is 9.64. The molecule has 0 aliphatic heterocycles. The first-order valence-corrected chi connectivity index (χ1v) is 9.77.